The van der Waals surface area contributed by atoms with Crippen molar-refractivity contribution in [3.05, 3.63) is 52.3 Å². The summed E-state index contributed by atoms with van der Waals surface area (Å²) in [5.41, 5.74) is 1.77. The standard InChI is InChI=1S/C15H18ClN3O2/c1-3-19-14(16)13(10(2)18-19)15(21)17-12(9-20)11-7-5-4-6-8-11/h4-8,12,20H,3,9H2,1-2H3,(H,17,21)/t12-/m1/s1. The first-order chi connectivity index (χ1) is 10.1. The largest absolute Gasteiger partial charge is 0.394 e. The summed E-state index contributed by atoms with van der Waals surface area (Å²) in [4.78, 5) is 12.4. The van der Waals surface area contributed by atoms with E-state index in [4.69, 9.17) is 11.6 Å². The summed E-state index contributed by atoms with van der Waals surface area (Å²) in [6, 6.07) is 8.83. The van der Waals surface area contributed by atoms with Crippen molar-refractivity contribution >= 4 is 17.5 Å². The normalized spacial score (nSPS) is 12.2. The Kier molecular flexibility index (Phi) is 4.98. The molecule has 0 spiro atoms. The second kappa shape index (κ2) is 6.74. The number of hydrogen-bond acceptors (Lipinski definition) is 3. The molecule has 5 nitrogen and oxygen atoms in total. The van der Waals surface area contributed by atoms with Gasteiger partial charge >= 0.3 is 0 Å². The van der Waals surface area contributed by atoms with Crippen LogP contribution in [0.4, 0.5) is 0 Å². The summed E-state index contributed by atoms with van der Waals surface area (Å²) in [6.45, 7) is 4.05. The van der Waals surface area contributed by atoms with E-state index in [2.05, 4.69) is 10.4 Å². The summed E-state index contributed by atoms with van der Waals surface area (Å²) >= 11 is 6.17. The lowest BCUT2D eigenvalue weighted by Crippen LogP contribution is -2.31. The fourth-order valence-corrected chi connectivity index (χ4v) is 2.55. The van der Waals surface area contributed by atoms with Gasteiger partial charge in [0.05, 0.1) is 23.9 Å². The quantitative estimate of drug-likeness (QED) is 0.891. The lowest BCUT2D eigenvalue weighted by atomic mass is 10.1. The summed E-state index contributed by atoms with van der Waals surface area (Å²) in [7, 11) is 0. The lowest BCUT2D eigenvalue weighted by molar-refractivity contribution is 0.0915. The summed E-state index contributed by atoms with van der Waals surface area (Å²) in [5, 5.41) is 16.8. The number of carbonyl (C=O) groups is 1. The first kappa shape index (κ1) is 15.5. The van der Waals surface area contributed by atoms with Gasteiger partial charge < -0.3 is 10.4 Å². The molecular formula is C15H18ClN3O2. The number of aromatic nitrogens is 2. The van der Waals surface area contributed by atoms with Crippen molar-refractivity contribution in [1.82, 2.24) is 15.1 Å². The van der Waals surface area contributed by atoms with Gasteiger partial charge in [0.2, 0.25) is 0 Å². The van der Waals surface area contributed by atoms with E-state index in [1.165, 1.54) is 0 Å². The maximum absolute atomic E-state index is 12.4. The molecule has 1 aromatic heterocycles. The number of amides is 1. The molecule has 0 fully saturated rings. The fraction of sp³-hybridized carbons (Fsp3) is 0.333. The highest BCUT2D eigenvalue weighted by atomic mass is 35.5. The molecule has 112 valence electrons. The molecule has 2 N–H and O–H groups in total. The van der Waals surface area contributed by atoms with Gasteiger partial charge in [0.25, 0.3) is 5.91 Å². The second-order valence-corrected chi connectivity index (χ2v) is 5.04. The molecule has 0 aliphatic heterocycles. The van der Waals surface area contributed by atoms with Crippen molar-refractivity contribution in [3.63, 3.8) is 0 Å². The molecule has 1 aromatic carbocycles. The maximum atomic E-state index is 12.4. The van der Waals surface area contributed by atoms with Crippen molar-refractivity contribution in [3.8, 4) is 0 Å². The minimum absolute atomic E-state index is 0.186. The van der Waals surface area contributed by atoms with Crippen LogP contribution in [-0.4, -0.2) is 27.4 Å². The van der Waals surface area contributed by atoms with Gasteiger partial charge in [0, 0.05) is 6.54 Å². The number of rotatable bonds is 5. The molecule has 0 saturated heterocycles. The van der Waals surface area contributed by atoms with E-state index in [0.717, 1.165) is 5.56 Å². The Hall–Kier alpha value is -1.85. The summed E-state index contributed by atoms with van der Waals surface area (Å²) in [5.74, 6) is -0.333. The number of aliphatic hydroxyl groups excluding tert-OH is 1. The number of nitrogens with one attached hydrogen (secondary N) is 1. The van der Waals surface area contributed by atoms with Crippen LogP contribution in [0.5, 0.6) is 0 Å². The third-order valence-corrected chi connectivity index (χ3v) is 3.67. The second-order valence-electron chi connectivity index (χ2n) is 4.69. The van der Waals surface area contributed by atoms with Crippen LogP contribution >= 0.6 is 11.6 Å². The summed E-state index contributed by atoms with van der Waals surface area (Å²) < 4.78 is 1.57. The Bertz CT molecular complexity index is 625. The molecule has 0 saturated carbocycles. The van der Waals surface area contributed by atoms with E-state index in [9.17, 15) is 9.90 Å². The van der Waals surface area contributed by atoms with Gasteiger partial charge in [-0.2, -0.15) is 5.10 Å². The Morgan fingerprint density at radius 3 is 2.62 bits per heavy atom. The zero-order valence-electron chi connectivity index (χ0n) is 12.0. The molecule has 0 aliphatic carbocycles. The molecule has 0 bridgehead atoms. The van der Waals surface area contributed by atoms with Crippen LogP contribution < -0.4 is 5.32 Å². The van der Waals surface area contributed by atoms with E-state index in [-0.39, 0.29) is 12.5 Å². The molecule has 0 radical (unpaired) electrons. The van der Waals surface area contributed by atoms with E-state index in [1.807, 2.05) is 37.3 Å². The van der Waals surface area contributed by atoms with Crippen LogP contribution in [-0.2, 0) is 6.54 Å². The van der Waals surface area contributed by atoms with E-state index in [0.29, 0.717) is 23.0 Å². The Balaban J connectivity index is 2.23. The Morgan fingerprint density at radius 1 is 1.43 bits per heavy atom. The monoisotopic (exact) mass is 307 g/mol. The molecular weight excluding hydrogens is 290 g/mol. The van der Waals surface area contributed by atoms with Crippen molar-refractivity contribution in [2.45, 2.75) is 26.4 Å². The van der Waals surface area contributed by atoms with Crippen molar-refractivity contribution in [1.29, 1.82) is 0 Å². The fourth-order valence-electron chi connectivity index (χ4n) is 2.17. The van der Waals surface area contributed by atoms with Crippen LogP contribution in [0.25, 0.3) is 0 Å². The van der Waals surface area contributed by atoms with E-state index < -0.39 is 6.04 Å². The first-order valence-corrected chi connectivity index (χ1v) is 7.15. The molecule has 0 aliphatic rings. The molecule has 21 heavy (non-hydrogen) atoms. The molecule has 1 atom stereocenters. The molecule has 1 amide bonds. The van der Waals surface area contributed by atoms with Crippen molar-refractivity contribution in [2.75, 3.05) is 6.61 Å². The molecule has 0 unspecified atom stereocenters. The van der Waals surface area contributed by atoms with Gasteiger partial charge in [0.1, 0.15) is 5.15 Å². The Morgan fingerprint density at radius 2 is 2.10 bits per heavy atom. The van der Waals surface area contributed by atoms with Gasteiger partial charge in [-0.3, -0.25) is 9.48 Å². The number of benzene rings is 1. The first-order valence-electron chi connectivity index (χ1n) is 6.78. The van der Waals surface area contributed by atoms with Crippen LogP contribution in [0.3, 0.4) is 0 Å². The zero-order chi connectivity index (χ0) is 15.4. The number of carbonyl (C=O) groups excluding carboxylic acids is 1. The van der Waals surface area contributed by atoms with Gasteiger partial charge in [-0.1, -0.05) is 41.9 Å². The van der Waals surface area contributed by atoms with Crippen LogP contribution in [0.2, 0.25) is 5.15 Å². The molecule has 1 heterocycles. The highest BCUT2D eigenvalue weighted by Gasteiger charge is 2.22. The number of nitrogens with zero attached hydrogens (tertiary/aromatic N) is 2. The average Bonchev–Trinajstić information content (AvgIpc) is 2.79. The van der Waals surface area contributed by atoms with Gasteiger partial charge in [0.15, 0.2) is 0 Å². The number of hydrogen-bond donors (Lipinski definition) is 2. The van der Waals surface area contributed by atoms with Crippen molar-refractivity contribution < 1.29 is 9.90 Å². The highest BCUT2D eigenvalue weighted by molar-refractivity contribution is 6.33. The minimum atomic E-state index is -0.473. The summed E-state index contributed by atoms with van der Waals surface area (Å²) in [6.07, 6.45) is 0. The smallest absolute Gasteiger partial charge is 0.256 e. The highest BCUT2D eigenvalue weighted by Crippen LogP contribution is 2.21. The van der Waals surface area contributed by atoms with Gasteiger partial charge in [-0.25, -0.2) is 0 Å². The third kappa shape index (κ3) is 3.25. The van der Waals surface area contributed by atoms with Crippen LogP contribution in [0.1, 0.15) is 34.6 Å². The van der Waals surface area contributed by atoms with Crippen LogP contribution in [0.15, 0.2) is 30.3 Å². The average molecular weight is 308 g/mol. The van der Waals surface area contributed by atoms with E-state index in [1.54, 1.807) is 11.6 Å². The zero-order valence-corrected chi connectivity index (χ0v) is 12.8. The maximum Gasteiger partial charge on any atom is 0.256 e. The Labute approximate surface area is 128 Å². The molecule has 6 heteroatoms. The minimum Gasteiger partial charge on any atom is -0.394 e. The topological polar surface area (TPSA) is 67.2 Å². The molecule has 2 rings (SSSR count). The lowest BCUT2D eigenvalue weighted by Gasteiger charge is -2.16. The predicted octanol–water partition coefficient (Wildman–Crippen LogP) is 2.33. The number of aryl methyl sites for hydroxylation is 2. The third-order valence-electron chi connectivity index (χ3n) is 3.28. The SMILES string of the molecule is CCn1nc(C)c(C(=O)N[C@H](CO)c2ccccc2)c1Cl. The predicted molar refractivity (Wildman–Crippen MR) is 81.4 cm³/mol. The van der Waals surface area contributed by atoms with Crippen LogP contribution in [0, 0.1) is 6.92 Å². The number of halogens is 1. The van der Waals surface area contributed by atoms with E-state index >= 15 is 0 Å². The number of aliphatic hydroxyl groups is 1. The van der Waals surface area contributed by atoms with Gasteiger partial charge in [-0.05, 0) is 19.4 Å². The van der Waals surface area contributed by atoms with Crippen molar-refractivity contribution in [2.24, 2.45) is 0 Å². The van der Waals surface area contributed by atoms with Gasteiger partial charge in [-0.15, -0.1) is 0 Å². The molecule has 2 aromatic rings.